The van der Waals surface area contributed by atoms with E-state index in [2.05, 4.69) is 17.4 Å². The maximum absolute atomic E-state index is 12.0. The molecule has 17 heavy (non-hydrogen) atoms. The van der Waals surface area contributed by atoms with Crippen LogP contribution in [0.4, 0.5) is 0 Å². The molecular formula is C14H17NO2. The number of aliphatic hydroxyl groups excluding tert-OH is 1. The topological polar surface area (TPSA) is 49.3 Å². The van der Waals surface area contributed by atoms with Crippen LogP contribution in [-0.2, 0) is 17.6 Å². The second-order valence-electron chi connectivity index (χ2n) is 5.20. The first kappa shape index (κ1) is 10.8. The molecule has 1 aromatic rings. The molecule has 0 unspecified atom stereocenters. The zero-order valence-corrected chi connectivity index (χ0v) is 9.73. The Balaban J connectivity index is 1.59. The van der Waals surface area contributed by atoms with E-state index in [1.807, 2.05) is 12.1 Å². The highest BCUT2D eigenvalue weighted by molar-refractivity contribution is 5.80. The molecule has 0 atom stereocenters. The molecule has 0 spiro atoms. The second-order valence-corrected chi connectivity index (χ2v) is 5.20. The average molecular weight is 231 g/mol. The van der Waals surface area contributed by atoms with E-state index in [4.69, 9.17) is 0 Å². The normalized spacial score (nSPS) is 27.4. The first-order chi connectivity index (χ1) is 8.22. The molecule has 1 amide bonds. The number of carbonyl (C=O) groups is 1. The first-order valence-electron chi connectivity index (χ1n) is 6.27. The molecule has 0 aromatic heterocycles. The van der Waals surface area contributed by atoms with Crippen molar-refractivity contribution in [1.82, 2.24) is 5.32 Å². The lowest BCUT2D eigenvalue weighted by molar-refractivity contribution is -0.126. The lowest BCUT2D eigenvalue weighted by Gasteiger charge is -2.32. The van der Waals surface area contributed by atoms with Crippen molar-refractivity contribution in [3.05, 3.63) is 35.4 Å². The van der Waals surface area contributed by atoms with Crippen LogP contribution in [0.3, 0.4) is 0 Å². The smallest absolute Gasteiger partial charge is 0.223 e. The Kier molecular flexibility index (Phi) is 2.63. The van der Waals surface area contributed by atoms with E-state index in [0.717, 1.165) is 12.8 Å². The molecular weight excluding hydrogens is 214 g/mol. The number of hydrogen-bond donors (Lipinski definition) is 2. The zero-order chi connectivity index (χ0) is 11.8. The lowest BCUT2D eigenvalue weighted by Crippen LogP contribution is -2.48. The number of rotatable bonds is 2. The van der Waals surface area contributed by atoms with E-state index in [1.54, 1.807) is 0 Å². The van der Waals surface area contributed by atoms with E-state index in [1.165, 1.54) is 11.1 Å². The number of nitrogens with one attached hydrogen (secondary N) is 1. The van der Waals surface area contributed by atoms with Crippen LogP contribution in [0, 0.1) is 5.92 Å². The van der Waals surface area contributed by atoms with E-state index >= 15 is 0 Å². The molecule has 0 radical (unpaired) electrons. The summed E-state index contributed by atoms with van der Waals surface area (Å²) in [6.45, 7) is 0. The Morgan fingerprint density at radius 3 is 2.29 bits per heavy atom. The van der Waals surface area contributed by atoms with Gasteiger partial charge in [-0.25, -0.2) is 0 Å². The van der Waals surface area contributed by atoms with Crippen LogP contribution in [0.5, 0.6) is 0 Å². The highest BCUT2D eigenvalue weighted by Crippen LogP contribution is 2.27. The van der Waals surface area contributed by atoms with Crippen molar-refractivity contribution in [3.63, 3.8) is 0 Å². The van der Waals surface area contributed by atoms with Crippen molar-refractivity contribution < 1.29 is 9.90 Å². The average Bonchev–Trinajstić information content (AvgIpc) is 2.70. The van der Waals surface area contributed by atoms with Crippen LogP contribution in [0.1, 0.15) is 24.0 Å². The number of hydrogen-bond acceptors (Lipinski definition) is 2. The molecule has 2 N–H and O–H groups in total. The molecule has 2 aliphatic rings. The number of benzene rings is 1. The van der Waals surface area contributed by atoms with Gasteiger partial charge in [0, 0.05) is 12.0 Å². The highest BCUT2D eigenvalue weighted by atomic mass is 16.3. The van der Waals surface area contributed by atoms with E-state index in [-0.39, 0.29) is 24.0 Å². The van der Waals surface area contributed by atoms with Gasteiger partial charge in [-0.3, -0.25) is 4.79 Å². The molecule has 1 aromatic carbocycles. The van der Waals surface area contributed by atoms with E-state index in [9.17, 15) is 9.90 Å². The van der Waals surface area contributed by atoms with Crippen molar-refractivity contribution in [2.75, 3.05) is 0 Å². The summed E-state index contributed by atoms with van der Waals surface area (Å²) in [7, 11) is 0. The van der Waals surface area contributed by atoms with Crippen LogP contribution in [0.15, 0.2) is 24.3 Å². The largest absolute Gasteiger partial charge is 0.393 e. The Hall–Kier alpha value is -1.35. The summed E-state index contributed by atoms with van der Waals surface area (Å²) in [6.07, 6.45) is 2.94. The molecule has 0 heterocycles. The lowest BCUT2D eigenvalue weighted by atomic mass is 9.89. The van der Waals surface area contributed by atoms with Gasteiger partial charge in [-0.1, -0.05) is 24.3 Å². The fourth-order valence-corrected chi connectivity index (χ4v) is 2.77. The molecule has 3 nitrogen and oxygen atoms in total. The Morgan fingerprint density at radius 2 is 1.76 bits per heavy atom. The Bertz CT molecular complexity index is 413. The fraction of sp³-hybridized carbons (Fsp3) is 0.500. The van der Waals surface area contributed by atoms with Crippen LogP contribution in [0.2, 0.25) is 0 Å². The molecule has 1 saturated carbocycles. The van der Waals surface area contributed by atoms with Gasteiger partial charge in [0.05, 0.1) is 6.10 Å². The third kappa shape index (κ3) is 2.07. The van der Waals surface area contributed by atoms with Crippen LogP contribution < -0.4 is 5.32 Å². The molecule has 0 bridgehead atoms. The second kappa shape index (κ2) is 4.15. The Morgan fingerprint density at radius 1 is 1.18 bits per heavy atom. The summed E-state index contributed by atoms with van der Waals surface area (Å²) in [5, 5.41) is 12.2. The van der Waals surface area contributed by atoms with Crippen molar-refractivity contribution in [3.8, 4) is 0 Å². The van der Waals surface area contributed by atoms with E-state index < -0.39 is 0 Å². The molecule has 3 rings (SSSR count). The minimum absolute atomic E-state index is 0.0881. The van der Waals surface area contributed by atoms with Crippen LogP contribution in [-0.4, -0.2) is 23.2 Å². The van der Waals surface area contributed by atoms with Gasteiger partial charge in [0.1, 0.15) is 0 Å². The predicted molar refractivity (Wildman–Crippen MR) is 64.5 cm³/mol. The van der Waals surface area contributed by atoms with Gasteiger partial charge < -0.3 is 10.4 Å². The standard InChI is InChI=1S/C14H17NO2/c16-13-7-12(8-13)15-14(17)11-5-9-3-1-2-4-10(9)6-11/h1-4,11-13,16H,5-8H2,(H,15,17). The third-order valence-electron chi connectivity index (χ3n) is 3.88. The molecule has 0 saturated heterocycles. The minimum Gasteiger partial charge on any atom is -0.393 e. The van der Waals surface area contributed by atoms with Crippen molar-refractivity contribution in [2.24, 2.45) is 5.92 Å². The zero-order valence-electron chi connectivity index (χ0n) is 9.73. The predicted octanol–water partition coefficient (Wildman–Crippen LogP) is 1.04. The van der Waals surface area contributed by atoms with Gasteiger partial charge in [-0.05, 0) is 36.8 Å². The van der Waals surface area contributed by atoms with Gasteiger partial charge in [0.25, 0.3) is 0 Å². The van der Waals surface area contributed by atoms with Crippen molar-refractivity contribution in [2.45, 2.75) is 37.8 Å². The minimum atomic E-state index is -0.207. The van der Waals surface area contributed by atoms with Crippen molar-refractivity contribution in [1.29, 1.82) is 0 Å². The highest BCUT2D eigenvalue weighted by Gasteiger charge is 2.32. The van der Waals surface area contributed by atoms with Gasteiger partial charge in [0.15, 0.2) is 0 Å². The molecule has 0 aliphatic heterocycles. The SMILES string of the molecule is O=C(NC1CC(O)C1)C1Cc2ccccc2C1. The maximum atomic E-state index is 12.0. The molecule has 2 aliphatic carbocycles. The van der Waals surface area contributed by atoms with Crippen LogP contribution in [0.25, 0.3) is 0 Å². The summed E-state index contributed by atoms with van der Waals surface area (Å²) >= 11 is 0. The maximum Gasteiger partial charge on any atom is 0.223 e. The van der Waals surface area contributed by atoms with Gasteiger partial charge >= 0.3 is 0 Å². The van der Waals surface area contributed by atoms with Gasteiger partial charge in [-0.2, -0.15) is 0 Å². The van der Waals surface area contributed by atoms with Gasteiger partial charge in [0.2, 0.25) is 5.91 Å². The number of aliphatic hydroxyl groups is 1. The molecule has 3 heteroatoms. The summed E-state index contributed by atoms with van der Waals surface area (Å²) in [5.74, 6) is 0.239. The van der Waals surface area contributed by atoms with Gasteiger partial charge in [-0.15, -0.1) is 0 Å². The van der Waals surface area contributed by atoms with Crippen LogP contribution >= 0.6 is 0 Å². The number of fused-ring (bicyclic) bond motifs is 1. The number of carbonyl (C=O) groups excluding carboxylic acids is 1. The molecule has 90 valence electrons. The summed E-state index contributed by atoms with van der Waals surface area (Å²) < 4.78 is 0. The molecule has 1 fully saturated rings. The first-order valence-corrected chi connectivity index (χ1v) is 6.27. The fourth-order valence-electron chi connectivity index (χ4n) is 2.77. The Labute approximate surface area is 101 Å². The van der Waals surface area contributed by atoms with E-state index in [0.29, 0.717) is 12.8 Å². The monoisotopic (exact) mass is 231 g/mol. The quantitative estimate of drug-likeness (QED) is 0.799. The third-order valence-corrected chi connectivity index (χ3v) is 3.88. The summed E-state index contributed by atoms with van der Waals surface area (Å²) in [5.41, 5.74) is 2.61. The number of amides is 1. The van der Waals surface area contributed by atoms with Crippen molar-refractivity contribution >= 4 is 5.91 Å². The summed E-state index contributed by atoms with van der Waals surface area (Å²) in [6, 6.07) is 8.47. The summed E-state index contributed by atoms with van der Waals surface area (Å²) in [4.78, 5) is 12.0.